The molecule has 0 aromatic carbocycles. The number of rotatable bonds is 6. The average molecular weight is 245 g/mol. The molecule has 0 aromatic rings. The van der Waals surface area contributed by atoms with Crippen LogP contribution >= 0.6 is 7.82 Å². The Bertz CT molecular complexity index is 264. The molecule has 3 unspecified atom stereocenters. The van der Waals surface area contributed by atoms with Gasteiger partial charge in [0.25, 0.3) is 0 Å². The number of carbonyl (C=O) groups excluding carboxylic acids is 1. The van der Waals surface area contributed by atoms with Gasteiger partial charge in [-0.15, -0.1) is 0 Å². The molecule has 3 atom stereocenters. The second-order valence-corrected chi connectivity index (χ2v) is 3.93. The van der Waals surface area contributed by atoms with Gasteiger partial charge in [-0.3, -0.25) is 9.32 Å². The molecule has 0 aliphatic heterocycles. The number of amides is 1. The van der Waals surface area contributed by atoms with Crippen LogP contribution < -0.4 is 5.73 Å². The fourth-order valence-corrected chi connectivity index (χ4v) is 0.998. The summed E-state index contributed by atoms with van der Waals surface area (Å²) in [6.45, 7) is -0.949. The van der Waals surface area contributed by atoms with Gasteiger partial charge in [0.1, 0.15) is 12.2 Å². The molecule has 0 heterocycles. The minimum Gasteiger partial charge on any atom is -0.388 e. The third kappa shape index (κ3) is 5.80. The van der Waals surface area contributed by atoms with E-state index in [1.165, 1.54) is 0 Å². The van der Waals surface area contributed by atoms with E-state index < -0.39 is 38.6 Å². The van der Waals surface area contributed by atoms with E-state index in [2.05, 4.69) is 10.3 Å². The molecule has 0 spiro atoms. The third-order valence-corrected chi connectivity index (χ3v) is 1.91. The minimum absolute atomic E-state index is 0.949. The lowest BCUT2D eigenvalue weighted by Crippen LogP contribution is -2.46. The van der Waals surface area contributed by atoms with E-state index in [0.29, 0.717) is 0 Å². The molecule has 0 radical (unpaired) electrons. The highest BCUT2D eigenvalue weighted by atomic mass is 31.2. The van der Waals surface area contributed by atoms with Crippen molar-refractivity contribution in [3.63, 3.8) is 0 Å². The highest BCUT2D eigenvalue weighted by molar-refractivity contribution is 7.46. The number of aliphatic hydroxyl groups is 3. The van der Waals surface area contributed by atoms with E-state index in [-0.39, 0.29) is 0 Å². The van der Waals surface area contributed by atoms with Gasteiger partial charge in [0, 0.05) is 0 Å². The molecular formula is C5H12NO8P. The van der Waals surface area contributed by atoms with Crippen molar-refractivity contribution in [2.24, 2.45) is 5.73 Å². The fraction of sp³-hybridized carbons (Fsp3) is 0.800. The van der Waals surface area contributed by atoms with Crippen LogP contribution in [0.2, 0.25) is 0 Å². The standard InChI is InChI=1S/C5H12NO8P/c6-5(10)4(9)3(8)2(7)1-14-15(11,12)13/h2-4,7-9H,1H2,(H2,6,10)(H2,11,12,13). The number of hydrogen-bond donors (Lipinski definition) is 6. The molecule has 7 N–H and O–H groups in total. The normalized spacial score (nSPS) is 18.2. The van der Waals surface area contributed by atoms with Gasteiger partial charge >= 0.3 is 7.82 Å². The zero-order valence-corrected chi connectivity index (χ0v) is 8.32. The predicted molar refractivity (Wildman–Crippen MR) is 45.2 cm³/mol. The Hall–Kier alpha value is -0.540. The maximum absolute atomic E-state index is 10.4. The fourth-order valence-electron chi connectivity index (χ4n) is 0.651. The van der Waals surface area contributed by atoms with Crippen LogP contribution in [0.25, 0.3) is 0 Å². The molecule has 15 heavy (non-hydrogen) atoms. The zero-order valence-electron chi connectivity index (χ0n) is 7.42. The molecule has 0 saturated heterocycles. The molecular weight excluding hydrogens is 233 g/mol. The summed E-state index contributed by atoms with van der Waals surface area (Å²) in [5, 5.41) is 26.9. The predicted octanol–water partition coefficient (Wildman–Crippen LogP) is -3.34. The molecule has 1 amide bonds. The minimum atomic E-state index is -4.78. The molecule has 0 saturated carbocycles. The maximum Gasteiger partial charge on any atom is 0.469 e. The molecule has 0 bridgehead atoms. The third-order valence-electron chi connectivity index (χ3n) is 1.42. The van der Waals surface area contributed by atoms with Crippen molar-refractivity contribution in [3.8, 4) is 0 Å². The first-order chi connectivity index (χ1) is 6.65. The van der Waals surface area contributed by atoms with E-state index >= 15 is 0 Å². The number of phosphoric acid groups is 1. The summed E-state index contributed by atoms with van der Waals surface area (Å²) in [5.74, 6) is -1.28. The quantitative estimate of drug-likeness (QED) is 0.264. The van der Waals surface area contributed by atoms with E-state index in [0.717, 1.165) is 0 Å². The van der Waals surface area contributed by atoms with Crippen molar-refractivity contribution >= 4 is 13.7 Å². The summed E-state index contributed by atoms with van der Waals surface area (Å²) in [7, 11) is -4.78. The smallest absolute Gasteiger partial charge is 0.388 e. The molecule has 10 heteroatoms. The van der Waals surface area contributed by atoms with Gasteiger partial charge in [0.15, 0.2) is 6.10 Å². The van der Waals surface area contributed by atoms with Crippen LogP contribution in [0, 0.1) is 0 Å². The molecule has 0 aliphatic rings. The second kappa shape index (κ2) is 5.52. The van der Waals surface area contributed by atoms with Crippen molar-refractivity contribution in [2.75, 3.05) is 6.61 Å². The zero-order chi connectivity index (χ0) is 12.2. The molecule has 0 fully saturated rings. The summed E-state index contributed by atoms with van der Waals surface area (Å²) >= 11 is 0. The second-order valence-electron chi connectivity index (χ2n) is 2.69. The van der Waals surface area contributed by atoms with E-state index in [1.807, 2.05) is 0 Å². The first kappa shape index (κ1) is 14.5. The summed E-state index contributed by atoms with van der Waals surface area (Å²) in [6.07, 6.45) is -5.87. The summed E-state index contributed by atoms with van der Waals surface area (Å²) in [6, 6.07) is 0. The Kier molecular flexibility index (Phi) is 5.32. The van der Waals surface area contributed by atoms with Gasteiger partial charge in [0.05, 0.1) is 6.61 Å². The average Bonchev–Trinajstić information content (AvgIpc) is 2.10. The Morgan fingerprint density at radius 1 is 1.33 bits per heavy atom. The molecule has 90 valence electrons. The van der Waals surface area contributed by atoms with Crippen molar-refractivity contribution in [3.05, 3.63) is 0 Å². The van der Waals surface area contributed by atoms with Gasteiger partial charge in [-0.25, -0.2) is 4.57 Å². The van der Waals surface area contributed by atoms with Crippen LogP contribution in [-0.4, -0.2) is 55.9 Å². The van der Waals surface area contributed by atoms with Gasteiger partial charge in [-0.2, -0.15) is 0 Å². The van der Waals surface area contributed by atoms with Crippen molar-refractivity contribution < 1.29 is 39.0 Å². The number of hydrogen-bond acceptors (Lipinski definition) is 6. The Balaban J connectivity index is 4.16. The van der Waals surface area contributed by atoms with Crippen LogP contribution in [0.5, 0.6) is 0 Å². The number of aliphatic hydroxyl groups excluding tert-OH is 3. The van der Waals surface area contributed by atoms with Gasteiger partial charge < -0.3 is 30.8 Å². The summed E-state index contributed by atoms with van der Waals surface area (Å²) < 4.78 is 14.0. The largest absolute Gasteiger partial charge is 0.469 e. The maximum atomic E-state index is 10.4. The molecule has 0 aliphatic carbocycles. The number of carbonyl (C=O) groups is 1. The molecule has 0 aromatic heterocycles. The van der Waals surface area contributed by atoms with Crippen LogP contribution in [0.15, 0.2) is 0 Å². The van der Waals surface area contributed by atoms with E-state index in [9.17, 15) is 9.36 Å². The highest BCUT2D eigenvalue weighted by Gasteiger charge is 2.30. The van der Waals surface area contributed by atoms with Gasteiger partial charge in [-0.05, 0) is 0 Å². The Labute approximate surface area is 84.3 Å². The van der Waals surface area contributed by atoms with E-state index in [1.54, 1.807) is 0 Å². The van der Waals surface area contributed by atoms with Crippen molar-refractivity contribution in [1.29, 1.82) is 0 Å². The van der Waals surface area contributed by atoms with Crippen LogP contribution in [0.1, 0.15) is 0 Å². The highest BCUT2D eigenvalue weighted by Crippen LogP contribution is 2.35. The van der Waals surface area contributed by atoms with Gasteiger partial charge in [-0.1, -0.05) is 0 Å². The van der Waals surface area contributed by atoms with Crippen LogP contribution in [0.4, 0.5) is 0 Å². The topological polar surface area (TPSA) is 171 Å². The number of phosphoric ester groups is 1. The Morgan fingerprint density at radius 3 is 2.13 bits per heavy atom. The summed E-state index contributed by atoms with van der Waals surface area (Å²) in [4.78, 5) is 26.8. The van der Waals surface area contributed by atoms with Crippen molar-refractivity contribution in [2.45, 2.75) is 18.3 Å². The van der Waals surface area contributed by atoms with Crippen LogP contribution in [-0.2, 0) is 13.9 Å². The monoisotopic (exact) mass is 245 g/mol. The number of primary amides is 1. The first-order valence-electron chi connectivity index (χ1n) is 3.68. The lowest BCUT2D eigenvalue weighted by Gasteiger charge is -2.20. The summed E-state index contributed by atoms with van der Waals surface area (Å²) in [5.41, 5.74) is 4.60. The van der Waals surface area contributed by atoms with Gasteiger partial charge in [0.2, 0.25) is 5.91 Å². The van der Waals surface area contributed by atoms with Crippen molar-refractivity contribution in [1.82, 2.24) is 0 Å². The van der Waals surface area contributed by atoms with E-state index in [4.69, 9.17) is 25.1 Å². The van der Waals surface area contributed by atoms with Crippen LogP contribution in [0.3, 0.4) is 0 Å². The molecule has 9 nitrogen and oxygen atoms in total. The number of nitrogens with two attached hydrogens (primary N) is 1. The SMILES string of the molecule is NC(=O)C(O)C(O)C(O)COP(=O)(O)O. The first-order valence-corrected chi connectivity index (χ1v) is 5.22. The molecule has 0 rings (SSSR count). The lowest BCUT2D eigenvalue weighted by molar-refractivity contribution is -0.138. The lowest BCUT2D eigenvalue weighted by atomic mass is 10.1. The Morgan fingerprint density at radius 2 is 1.80 bits per heavy atom.